The quantitative estimate of drug-likeness (QED) is 0.0637. The lowest BCUT2D eigenvalue weighted by molar-refractivity contribution is -0.148. The molecule has 1 heterocycles. The van der Waals surface area contributed by atoms with E-state index >= 15 is 0 Å². The lowest BCUT2D eigenvalue weighted by Crippen LogP contribution is -2.56. The zero-order valence-corrected chi connectivity index (χ0v) is 42.8. The molecule has 1 aromatic carbocycles. The van der Waals surface area contributed by atoms with E-state index in [-0.39, 0.29) is 68.2 Å². The number of fused-ring (bicyclic) bond motifs is 2. The maximum Gasteiger partial charge on any atom is 0.407 e. The normalized spacial score (nSPS) is 26.4. The molecule has 2 aromatic rings. The number of carbonyl (C=O) groups excluding carboxylic acids is 4. The maximum atomic E-state index is 13.9. The SMILES string of the molecule is C=C1CC[C@H]2[C@@H](/C=C(\C)C(=O)[C@@]3(O)C[C@H](C)[C@H](O)[C@@H]3[C@H]1OCc1cn(CCOCCOCCOCCNC(=O)[C@H](CC(C)C)NC(=O)[C@@H](O)[C@@H](Cc3ccccc3)NC(=O)OC(C)(C)C)nn1)C2(C)C. The third kappa shape index (κ3) is 15.7. The Morgan fingerprint density at radius 1 is 0.986 bits per heavy atom. The summed E-state index contributed by atoms with van der Waals surface area (Å²) in [5, 5.41) is 51.1. The minimum atomic E-state index is -1.79. The average molecular weight is 981 g/mol. The van der Waals surface area contributed by atoms with Gasteiger partial charge in [-0.1, -0.05) is 82.8 Å². The number of ether oxygens (including phenoxy) is 5. The summed E-state index contributed by atoms with van der Waals surface area (Å²) in [5.41, 5.74) is 0.0971. The molecule has 10 atom stereocenters. The zero-order valence-electron chi connectivity index (χ0n) is 42.8. The summed E-state index contributed by atoms with van der Waals surface area (Å²) in [7, 11) is 0. The second-order valence-electron chi connectivity index (χ2n) is 21.4. The van der Waals surface area contributed by atoms with Crippen molar-refractivity contribution in [3.05, 3.63) is 71.6 Å². The van der Waals surface area contributed by atoms with E-state index in [0.717, 1.165) is 17.6 Å². The molecule has 5 rings (SSSR count). The highest BCUT2D eigenvalue weighted by Crippen LogP contribution is 2.62. The molecule has 18 nitrogen and oxygen atoms in total. The predicted molar refractivity (Wildman–Crippen MR) is 261 cm³/mol. The molecule has 6 N–H and O–H groups in total. The van der Waals surface area contributed by atoms with Crippen LogP contribution in [0.3, 0.4) is 0 Å². The van der Waals surface area contributed by atoms with Crippen molar-refractivity contribution in [2.75, 3.05) is 46.2 Å². The van der Waals surface area contributed by atoms with E-state index in [9.17, 15) is 34.5 Å². The molecule has 0 spiro atoms. The molecule has 70 heavy (non-hydrogen) atoms. The van der Waals surface area contributed by atoms with E-state index in [4.69, 9.17) is 23.7 Å². The number of Topliss-reactive ketones (excluding diaryl/α,β-unsaturated/α-hetero) is 1. The van der Waals surface area contributed by atoms with E-state index in [1.165, 1.54) is 0 Å². The van der Waals surface area contributed by atoms with Crippen LogP contribution in [0.4, 0.5) is 4.79 Å². The fourth-order valence-electron chi connectivity index (χ4n) is 9.84. The van der Waals surface area contributed by atoms with Crippen molar-refractivity contribution in [1.29, 1.82) is 0 Å². The van der Waals surface area contributed by atoms with Crippen LogP contribution in [0, 0.1) is 35.0 Å². The van der Waals surface area contributed by atoms with E-state index in [1.54, 1.807) is 38.6 Å². The van der Waals surface area contributed by atoms with Gasteiger partial charge in [0.25, 0.3) is 5.91 Å². The molecule has 3 aliphatic rings. The molecule has 0 unspecified atom stereocenters. The number of aromatic nitrogens is 3. The first-order valence-corrected chi connectivity index (χ1v) is 24.9. The Labute approximate surface area is 413 Å². The smallest absolute Gasteiger partial charge is 0.407 e. The summed E-state index contributed by atoms with van der Waals surface area (Å²) in [6.07, 6.45) is 1.74. The second-order valence-corrected chi connectivity index (χ2v) is 21.4. The van der Waals surface area contributed by atoms with Crippen LogP contribution in [0.5, 0.6) is 0 Å². The van der Waals surface area contributed by atoms with Gasteiger partial charge in [0.05, 0.1) is 83.2 Å². The highest BCUT2D eigenvalue weighted by molar-refractivity contribution is 6.02. The molecular formula is C52H80N6O12. The van der Waals surface area contributed by atoms with Gasteiger partial charge in [0.15, 0.2) is 11.9 Å². The zero-order chi connectivity index (χ0) is 51.4. The Balaban J connectivity index is 0.976. The minimum absolute atomic E-state index is 0.0443. The standard InChI is InChI=1S/C52H80N6O12/c1-32(2)26-41(54-48(63)44(60)40(28-36-14-12-11-13-15-36)55-49(64)70-50(6,7)8)47(62)53-18-20-66-22-24-68-25-23-67-21-19-58-30-37(56-57-58)31-69-45-33(3)16-17-38-39(51(38,9)10)27-34(4)46(61)52(65)29-35(5)43(59)42(45)52/h11-15,27,30,32,35,38-45,59-60,65H,3,16-26,28-29,31H2,1-2,4-10H3,(H,53,62)(H,54,63)(H,55,64)/b34-27+/t35-,38-,39+,40+,41-,42+,43-,44-,45-,52+/m0/s1. The van der Waals surface area contributed by atoms with Gasteiger partial charge in [-0.25, -0.2) is 9.48 Å². The second kappa shape index (κ2) is 25.2. The summed E-state index contributed by atoms with van der Waals surface area (Å²) in [6.45, 7) is 23.9. The van der Waals surface area contributed by atoms with Crippen LogP contribution in [0.1, 0.15) is 99.3 Å². The Morgan fingerprint density at radius 3 is 2.30 bits per heavy atom. The number of benzene rings is 1. The first-order chi connectivity index (χ1) is 33.0. The number of amides is 3. The maximum absolute atomic E-state index is 13.9. The molecule has 0 radical (unpaired) electrons. The summed E-state index contributed by atoms with van der Waals surface area (Å²) >= 11 is 0. The lowest BCUT2D eigenvalue weighted by Gasteiger charge is -2.37. The molecule has 18 heteroatoms. The Hall–Kier alpha value is -4.56. The van der Waals surface area contributed by atoms with E-state index < -0.39 is 65.4 Å². The average Bonchev–Trinajstić information content (AvgIpc) is 3.51. The summed E-state index contributed by atoms with van der Waals surface area (Å²) < 4.78 is 30.4. The Morgan fingerprint density at radius 2 is 1.64 bits per heavy atom. The highest BCUT2D eigenvalue weighted by Gasteiger charge is 2.61. The summed E-state index contributed by atoms with van der Waals surface area (Å²) in [4.78, 5) is 53.1. The lowest BCUT2D eigenvalue weighted by atomic mass is 9.77. The van der Waals surface area contributed by atoms with Gasteiger partial charge in [-0.05, 0) is 106 Å². The molecule has 1 aromatic heterocycles. The number of nitrogens with zero attached hydrogens (tertiary/aromatic N) is 3. The molecule has 2 saturated carbocycles. The molecule has 0 bridgehead atoms. The minimum Gasteiger partial charge on any atom is -0.444 e. The third-order valence-corrected chi connectivity index (χ3v) is 13.7. The fourth-order valence-corrected chi connectivity index (χ4v) is 9.84. The number of carbonyl (C=O) groups is 4. The van der Waals surface area contributed by atoms with E-state index in [2.05, 4.69) is 46.7 Å². The van der Waals surface area contributed by atoms with Gasteiger partial charge >= 0.3 is 6.09 Å². The molecule has 2 fully saturated rings. The Bertz CT molecular complexity index is 2090. The van der Waals surface area contributed by atoms with Gasteiger partial charge in [0, 0.05) is 6.54 Å². The summed E-state index contributed by atoms with van der Waals surface area (Å²) in [5.74, 6) is -2.09. The van der Waals surface area contributed by atoms with Gasteiger partial charge in [-0.15, -0.1) is 5.10 Å². The Kier molecular flexibility index (Phi) is 20.3. The van der Waals surface area contributed by atoms with Gasteiger partial charge < -0.3 is 55.0 Å². The van der Waals surface area contributed by atoms with Crippen molar-refractivity contribution >= 4 is 23.7 Å². The summed E-state index contributed by atoms with van der Waals surface area (Å²) in [6, 6.07) is 7.16. The fraction of sp³-hybridized carbons (Fsp3) is 0.692. The van der Waals surface area contributed by atoms with Crippen molar-refractivity contribution in [3.63, 3.8) is 0 Å². The number of hydrogen-bond donors (Lipinski definition) is 6. The van der Waals surface area contributed by atoms with Gasteiger partial charge in [-0.3, -0.25) is 14.4 Å². The first kappa shape index (κ1) is 56.4. The number of alkyl carbamates (subject to hydrolysis) is 1. The van der Waals surface area contributed by atoms with Crippen LogP contribution in [0.15, 0.2) is 60.3 Å². The van der Waals surface area contributed by atoms with Crippen molar-refractivity contribution < 1.29 is 58.2 Å². The van der Waals surface area contributed by atoms with Crippen molar-refractivity contribution in [2.45, 2.75) is 149 Å². The molecule has 3 amide bonds. The topological polar surface area (TPSA) is 242 Å². The number of allylic oxidation sites excluding steroid dienone is 1. The van der Waals surface area contributed by atoms with Gasteiger partial charge in [0.2, 0.25) is 5.91 Å². The number of nitrogens with one attached hydrogen (secondary N) is 3. The first-order valence-electron chi connectivity index (χ1n) is 24.9. The number of hydrogen-bond acceptors (Lipinski definition) is 14. The molecule has 390 valence electrons. The van der Waals surface area contributed by atoms with Crippen LogP contribution in [-0.4, -0.2) is 142 Å². The van der Waals surface area contributed by atoms with Gasteiger partial charge in [0.1, 0.15) is 22.9 Å². The van der Waals surface area contributed by atoms with Crippen molar-refractivity contribution in [2.24, 2.45) is 35.0 Å². The largest absolute Gasteiger partial charge is 0.444 e. The monoisotopic (exact) mass is 981 g/mol. The number of rotatable bonds is 24. The molecule has 3 aliphatic carbocycles. The van der Waals surface area contributed by atoms with Crippen LogP contribution < -0.4 is 16.0 Å². The van der Waals surface area contributed by atoms with E-state index in [1.807, 2.05) is 57.2 Å². The van der Waals surface area contributed by atoms with Gasteiger partial charge in [-0.2, -0.15) is 0 Å². The number of ketones is 1. The molecule has 0 saturated heterocycles. The van der Waals surface area contributed by atoms with Crippen LogP contribution in [0.2, 0.25) is 0 Å². The van der Waals surface area contributed by atoms with E-state index in [0.29, 0.717) is 63.0 Å². The van der Waals surface area contributed by atoms with Crippen LogP contribution >= 0.6 is 0 Å². The van der Waals surface area contributed by atoms with Crippen molar-refractivity contribution in [3.8, 4) is 0 Å². The molecular weight excluding hydrogens is 901 g/mol. The van der Waals surface area contributed by atoms with Crippen molar-refractivity contribution in [1.82, 2.24) is 30.9 Å². The number of aliphatic hydroxyl groups excluding tert-OH is 2. The van der Waals surface area contributed by atoms with Crippen LogP contribution in [-0.2, 0) is 57.6 Å². The number of aliphatic hydroxyl groups is 3. The molecule has 0 aliphatic heterocycles. The third-order valence-electron chi connectivity index (χ3n) is 13.7. The highest BCUT2D eigenvalue weighted by atomic mass is 16.6. The predicted octanol–water partition coefficient (Wildman–Crippen LogP) is 4.24. The van der Waals surface area contributed by atoms with Crippen LogP contribution in [0.25, 0.3) is 0 Å².